The van der Waals surface area contributed by atoms with E-state index in [1.807, 2.05) is 0 Å². The molecule has 0 amide bonds. The molecule has 20 heavy (non-hydrogen) atoms. The minimum atomic E-state index is -3.04. The Morgan fingerprint density at radius 3 is 2.70 bits per heavy atom. The summed E-state index contributed by atoms with van der Waals surface area (Å²) in [7, 11) is -3.04. The number of aryl methyl sites for hydroxylation is 1. The minimum absolute atomic E-state index is 0.365. The van der Waals surface area contributed by atoms with Crippen LogP contribution in [0.5, 0.6) is 0 Å². The van der Waals surface area contributed by atoms with E-state index < -0.39 is 14.6 Å². The third kappa shape index (κ3) is 3.62. The van der Waals surface area contributed by atoms with E-state index in [2.05, 4.69) is 39.4 Å². The van der Waals surface area contributed by atoms with Crippen molar-refractivity contribution in [2.45, 2.75) is 43.9 Å². The Labute approximate surface area is 130 Å². The van der Waals surface area contributed by atoms with E-state index in [1.165, 1.54) is 17.4 Å². The molecule has 3 nitrogen and oxygen atoms in total. The van der Waals surface area contributed by atoms with Crippen molar-refractivity contribution in [1.82, 2.24) is 5.32 Å². The fourth-order valence-corrected chi connectivity index (χ4v) is 3.17. The number of benzene rings is 1. The largest absolute Gasteiger partial charge is 0.312 e. The van der Waals surface area contributed by atoms with Crippen LogP contribution in [0.4, 0.5) is 0 Å². The lowest BCUT2D eigenvalue weighted by atomic mass is 9.88. The highest BCUT2D eigenvalue weighted by atomic mass is 79.9. The first kappa shape index (κ1) is 16.0. The van der Waals surface area contributed by atoms with Crippen LogP contribution in [0.25, 0.3) is 0 Å². The normalized spacial score (nSPS) is 19.7. The number of halogens is 1. The van der Waals surface area contributed by atoms with Gasteiger partial charge in [0.05, 0.1) is 4.75 Å². The van der Waals surface area contributed by atoms with Crippen molar-refractivity contribution in [3.8, 4) is 0 Å². The van der Waals surface area contributed by atoms with E-state index in [4.69, 9.17) is 0 Å². The van der Waals surface area contributed by atoms with Gasteiger partial charge in [-0.1, -0.05) is 22.0 Å². The molecule has 0 heterocycles. The average Bonchev–Trinajstić information content (AvgIpc) is 2.35. The Hall–Kier alpha value is -0.390. The molecule has 0 saturated carbocycles. The molecule has 1 aromatic rings. The summed E-state index contributed by atoms with van der Waals surface area (Å²) in [5, 5.41) is 3.43. The van der Waals surface area contributed by atoms with Crippen LogP contribution < -0.4 is 5.32 Å². The molecule has 2 rings (SSSR count). The summed E-state index contributed by atoms with van der Waals surface area (Å²) in [4.78, 5) is 0. The molecule has 0 aromatic heterocycles. The van der Waals surface area contributed by atoms with Gasteiger partial charge in [0, 0.05) is 23.3 Å². The van der Waals surface area contributed by atoms with Crippen LogP contribution in [0, 0.1) is 0 Å². The van der Waals surface area contributed by atoms with Gasteiger partial charge in [0.2, 0.25) is 0 Å². The van der Waals surface area contributed by atoms with Crippen molar-refractivity contribution in [2.75, 3.05) is 12.8 Å². The lowest BCUT2D eigenvalue weighted by Crippen LogP contribution is -2.46. The minimum Gasteiger partial charge on any atom is -0.312 e. The van der Waals surface area contributed by atoms with Crippen LogP contribution in [-0.4, -0.2) is 32.0 Å². The van der Waals surface area contributed by atoms with Gasteiger partial charge in [0.1, 0.15) is 0 Å². The monoisotopic (exact) mass is 359 g/mol. The molecule has 0 saturated heterocycles. The van der Waals surface area contributed by atoms with Crippen LogP contribution in [0.15, 0.2) is 22.7 Å². The fourth-order valence-electron chi connectivity index (χ4n) is 2.42. The molecule has 1 aromatic carbocycles. The molecule has 112 valence electrons. The molecule has 1 aliphatic carbocycles. The highest BCUT2D eigenvalue weighted by Crippen LogP contribution is 2.25. The predicted octanol–water partition coefficient (Wildman–Crippen LogP) is 2.72. The number of sulfone groups is 1. The highest BCUT2D eigenvalue weighted by molar-refractivity contribution is 9.10. The summed E-state index contributed by atoms with van der Waals surface area (Å²) < 4.78 is 23.8. The standard InChI is InChI=1S/C15H22BrNO2S/c1-15(2,20(3,18)19)10-17-14-7-5-11-8-13(16)6-4-12(11)9-14/h4,6,8,14,17H,5,7,9-10H2,1-3H3. The summed E-state index contributed by atoms with van der Waals surface area (Å²) in [6.45, 7) is 4.06. The number of hydrogen-bond donors (Lipinski definition) is 1. The van der Waals surface area contributed by atoms with Crippen LogP contribution in [-0.2, 0) is 22.7 Å². The second-order valence-electron chi connectivity index (χ2n) is 6.27. The maximum absolute atomic E-state index is 11.7. The van der Waals surface area contributed by atoms with Crippen LogP contribution in [0.2, 0.25) is 0 Å². The number of hydrogen-bond acceptors (Lipinski definition) is 3. The van der Waals surface area contributed by atoms with E-state index in [0.29, 0.717) is 12.6 Å². The Balaban J connectivity index is 1.99. The maximum atomic E-state index is 11.7. The summed E-state index contributed by atoms with van der Waals surface area (Å²) in [6, 6.07) is 6.78. The second-order valence-corrected chi connectivity index (χ2v) is 9.83. The first-order valence-electron chi connectivity index (χ1n) is 6.89. The lowest BCUT2D eigenvalue weighted by Gasteiger charge is -2.30. The van der Waals surface area contributed by atoms with Gasteiger partial charge in [0.15, 0.2) is 9.84 Å². The zero-order valence-electron chi connectivity index (χ0n) is 12.2. The van der Waals surface area contributed by atoms with E-state index in [0.717, 1.165) is 23.7 Å². The SMILES string of the molecule is CC(C)(CNC1CCc2cc(Br)ccc2C1)S(C)(=O)=O. The highest BCUT2D eigenvalue weighted by Gasteiger charge is 2.31. The molecule has 1 unspecified atom stereocenters. The van der Waals surface area contributed by atoms with Gasteiger partial charge in [-0.2, -0.15) is 0 Å². The molecule has 1 atom stereocenters. The van der Waals surface area contributed by atoms with Crippen LogP contribution in [0.1, 0.15) is 31.4 Å². The molecule has 0 radical (unpaired) electrons. The van der Waals surface area contributed by atoms with Gasteiger partial charge in [-0.15, -0.1) is 0 Å². The molecule has 5 heteroatoms. The van der Waals surface area contributed by atoms with Gasteiger partial charge in [-0.05, 0) is 56.4 Å². The van der Waals surface area contributed by atoms with E-state index in [-0.39, 0.29) is 0 Å². The first-order valence-corrected chi connectivity index (χ1v) is 9.58. The second kappa shape index (κ2) is 5.78. The van der Waals surface area contributed by atoms with Crippen LogP contribution in [0.3, 0.4) is 0 Å². The molecule has 0 fully saturated rings. The van der Waals surface area contributed by atoms with Gasteiger partial charge >= 0.3 is 0 Å². The van der Waals surface area contributed by atoms with Gasteiger partial charge in [0.25, 0.3) is 0 Å². The number of fused-ring (bicyclic) bond motifs is 1. The van der Waals surface area contributed by atoms with Crippen LogP contribution >= 0.6 is 15.9 Å². The van der Waals surface area contributed by atoms with Gasteiger partial charge < -0.3 is 5.32 Å². The zero-order chi connectivity index (χ0) is 15.0. The molecule has 0 aliphatic heterocycles. The third-order valence-electron chi connectivity index (χ3n) is 4.22. The Kier molecular flexibility index (Phi) is 4.62. The summed E-state index contributed by atoms with van der Waals surface area (Å²) in [6.07, 6.45) is 4.39. The van der Waals surface area contributed by atoms with E-state index >= 15 is 0 Å². The molecule has 0 spiro atoms. The molecular formula is C15H22BrNO2S. The quantitative estimate of drug-likeness (QED) is 0.898. The van der Waals surface area contributed by atoms with Crippen molar-refractivity contribution >= 4 is 25.8 Å². The first-order chi connectivity index (χ1) is 9.19. The van der Waals surface area contributed by atoms with Crippen molar-refractivity contribution < 1.29 is 8.42 Å². The number of nitrogens with one attached hydrogen (secondary N) is 1. The predicted molar refractivity (Wildman–Crippen MR) is 86.9 cm³/mol. The summed E-state index contributed by atoms with van der Waals surface area (Å²) >= 11 is 3.50. The molecule has 1 aliphatic rings. The summed E-state index contributed by atoms with van der Waals surface area (Å²) in [5.74, 6) is 0. The van der Waals surface area contributed by atoms with Gasteiger partial charge in [-0.3, -0.25) is 0 Å². The fraction of sp³-hybridized carbons (Fsp3) is 0.600. The van der Waals surface area contributed by atoms with Crippen molar-refractivity contribution in [3.63, 3.8) is 0 Å². The van der Waals surface area contributed by atoms with Crippen molar-refractivity contribution in [2.24, 2.45) is 0 Å². The topological polar surface area (TPSA) is 46.2 Å². The Morgan fingerprint density at radius 1 is 1.35 bits per heavy atom. The zero-order valence-corrected chi connectivity index (χ0v) is 14.6. The Morgan fingerprint density at radius 2 is 2.05 bits per heavy atom. The maximum Gasteiger partial charge on any atom is 0.153 e. The van der Waals surface area contributed by atoms with Gasteiger partial charge in [-0.25, -0.2) is 8.42 Å². The van der Waals surface area contributed by atoms with E-state index in [9.17, 15) is 8.42 Å². The van der Waals surface area contributed by atoms with Crippen molar-refractivity contribution in [3.05, 3.63) is 33.8 Å². The third-order valence-corrected chi connectivity index (χ3v) is 6.86. The lowest BCUT2D eigenvalue weighted by molar-refractivity contribution is 0.428. The number of rotatable bonds is 4. The molecular weight excluding hydrogens is 338 g/mol. The van der Waals surface area contributed by atoms with Crippen molar-refractivity contribution in [1.29, 1.82) is 0 Å². The van der Waals surface area contributed by atoms with E-state index in [1.54, 1.807) is 13.8 Å². The molecule has 0 bridgehead atoms. The average molecular weight is 360 g/mol. The smallest absolute Gasteiger partial charge is 0.153 e. The summed E-state index contributed by atoms with van der Waals surface area (Å²) in [5.41, 5.74) is 2.77. The molecule has 1 N–H and O–H groups in total. The Bertz CT molecular complexity index is 596.